The van der Waals surface area contributed by atoms with Gasteiger partial charge < -0.3 is 5.32 Å². The van der Waals surface area contributed by atoms with Crippen molar-refractivity contribution in [1.82, 2.24) is 5.32 Å². The molecule has 0 aliphatic rings. The topological polar surface area (TPSA) is 75.3 Å². The second-order valence-electron chi connectivity index (χ2n) is 5.00. The number of benzene rings is 1. The summed E-state index contributed by atoms with van der Waals surface area (Å²) in [6, 6.07) is 6.79. The van der Waals surface area contributed by atoms with Gasteiger partial charge in [0.05, 0.1) is 18.0 Å². The average Bonchev–Trinajstić information content (AvgIpc) is 2.36. The molecule has 1 aromatic rings. The smallest absolute Gasteiger partial charge is 0.229 e. The largest absolute Gasteiger partial charge is 0.349 e. The van der Waals surface area contributed by atoms with Gasteiger partial charge in [-0.3, -0.25) is 9.52 Å². The van der Waals surface area contributed by atoms with Crippen LogP contribution in [0.3, 0.4) is 0 Å². The number of carbonyl (C=O) groups is 1. The van der Waals surface area contributed by atoms with Gasteiger partial charge in [0.15, 0.2) is 0 Å². The molecule has 1 aromatic carbocycles. The van der Waals surface area contributed by atoms with Crippen molar-refractivity contribution in [3.05, 3.63) is 29.8 Å². The molecule has 2 atom stereocenters. The van der Waals surface area contributed by atoms with Crippen LogP contribution in [0.1, 0.15) is 38.8 Å². The van der Waals surface area contributed by atoms with Crippen LogP contribution in [-0.4, -0.2) is 20.6 Å². The standard InChI is InChI=1S/C14H22N2O3S/c1-5-10(2)14(17)15-11(3)12-8-6-7-9-13(12)16-20(4,18)19/h6-11,16H,5H2,1-4H3,(H,15,17)/t10-,11+/m0/s1. The Morgan fingerprint density at radius 2 is 1.85 bits per heavy atom. The Morgan fingerprint density at radius 1 is 1.25 bits per heavy atom. The lowest BCUT2D eigenvalue weighted by atomic mass is 10.0. The monoisotopic (exact) mass is 298 g/mol. The molecule has 112 valence electrons. The van der Waals surface area contributed by atoms with Gasteiger partial charge in [-0.2, -0.15) is 0 Å². The van der Waals surface area contributed by atoms with Crippen molar-refractivity contribution in [3.8, 4) is 0 Å². The summed E-state index contributed by atoms with van der Waals surface area (Å²) in [7, 11) is -3.35. The first-order valence-corrected chi connectivity index (χ1v) is 8.50. The van der Waals surface area contributed by atoms with Gasteiger partial charge in [0.2, 0.25) is 15.9 Å². The van der Waals surface area contributed by atoms with E-state index in [2.05, 4.69) is 10.0 Å². The number of carbonyl (C=O) groups excluding carboxylic acids is 1. The number of para-hydroxylation sites is 1. The highest BCUT2D eigenvalue weighted by Gasteiger charge is 2.17. The van der Waals surface area contributed by atoms with Crippen LogP contribution in [0.25, 0.3) is 0 Å². The maximum Gasteiger partial charge on any atom is 0.229 e. The molecule has 0 aliphatic heterocycles. The summed E-state index contributed by atoms with van der Waals surface area (Å²) in [5, 5.41) is 2.90. The summed E-state index contributed by atoms with van der Waals surface area (Å²) in [6.07, 6.45) is 1.87. The molecule has 0 fully saturated rings. The first kappa shape index (κ1) is 16.5. The average molecular weight is 298 g/mol. The molecule has 5 nitrogen and oxygen atoms in total. The lowest BCUT2D eigenvalue weighted by Gasteiger charge is -2.20. The van der Waals surface area contributed by atoms with E-state index in [0.29, 0.717) is 5.69 Å². The molecule has 20 heavy (non-hydrogen) atoms. The minimum absolute atomic E-state index is 0.0332. The van der Waals surface area contributed by atoms with E-state index < -0.39 is 10.0 Å². The van der Waals surface area contributed by atoms with E-state index in [1.54, 1.807) is 18.2 Å². The van der Waals surface area contributed by atoms with Crippen LogP contribution in [-0.2, 0) is 14.8 Å². The highest BCUT2D eigenvalue weighted by atomic mass is 32.2. The van der Waals surface area contributed by atoms with Gasteiger partial charge >= 0.3 is 0 Å². The number of sulfonamides is 1. The first-order chi connectivity index (χ1) is 9.24. The highest BCUT2D eigenvalue weighted by Crippen LogP contribution is 2.23. The van der Waals surface area contributed by atoms with E-state index in [0.717, 1.165) is 18.2 Å². The van der Waals surface area contributed by atoms with Crippen LogP contribution in [0, 0.1) is 5.92 Å². The van der Waals surface area contributed by atoms with Gasteiger partial charge in [-0.15, -0.1) is 0 Å². The molecule has 0 aliphatic carbocycles. The summed E-state index contributed by atoms with van der Waals surface area (Å²) in [6.45, 7) is 5.65. The van der Waals surface area contributed by atoms with Gasteiger partial charge in [-0.1, -0.05) is 32.0 Å². The van der Waals surface area contributed by atoms with Crippen LogP contribution in [0.5, 0.6) is 0 Å². The molecule has 0 bridgehead atoms. The normalized spacial score (nSPS) is 14.4. The Kier molecular flexibility index (Phi) is 5.56. The van der Waals surface area contributed by atoms with Gasteiger partial charge in [-0.05, 0) is 25.0 Å². The molecule has 1 rings (SSSR count). The molecular formula is C14H22N2O3S. The Bertz CT molecular complexity index is 570. The van der Waals surface area contributed by atoms with Crippen molar-refractivity contribution in [2.75, 3.05) is 11.0 Å². The fourth-order valence-corrected chi connectivity index (χ4v) is 2.37. The van der Waals surface area contributed by atoms with Crippen LogP contribution in [0.15, 0.2) is 24.3 Å². The Hall–Kier alpha value is -1.56. The maximum atomic E-state index is 11.9. The third-order valence-electron chi connectivity index (χ3n) is 3.14. The Morgan fingerprint density at radius 3 is 2.40 bits per heavy atom. The molecule has 0 spiro atoms. The quantitative estimate of drug-likeness (QED) is 0.846. The molecule has 0 heterocycles. The van der Waals surface area contributed by atoms with Crippen LogP contribution < -0.4 is 10.0 Å². The summed E-state index contributed by atoms with van der Waals surface area (Å²) in [4.78, 5) is 11.9. The SMILES string of the molecule is CC[C@H](C)C(=O)N[C@H](C)c1ccccc1NS(C)(=O)=O. The van der Waals surface area contributed by atoms with Gasteiger partial charge in [0.1, 0.15) is 0 Å². The maximum absolute atomic E-state index is 11.9. The molecule has 0 aromatic heterocycles. The second-order valence-corrected chi connectivity index (χ2v) is 6.75. The molecule has 1 amide bonds. The number of nitrogens with one attached hydrogen (secondary N) is 2. The van der Waals surface area contributed by atoms with Crippen molar-refractivity contribution in [1.29, 1.82) is 0 Å². The van der Waals surface area contributed by atoms with E-state index in [9.17, 15) is 13.2 Å². The van der Waals surface area contributed by atoms with Gasteiger partial charge in [-0.25, -0.2) is 8.42 Å². The molecule has 2 N–H and O–H groups in total. The third-order valence-corrected chi connectivity index (χ3v) is 3.73. The number of amides is 1. The summed E-state index contributed by atoms with van der Waals surface area (Å²) >= 11 is 0. The zero-order valence-electron chi connectivity index (χ0n) is 12.3. The number of hydrogen-bond acceptors (Lipinski definition) is 3. The number of anilines is 1. The van der Waals surface area contributed by atoms with Gasteiger partial charge in [0, 0.05) is 5.92 Å². The Balaban J connectivity index is 2.93. The molecule has 0 saturated heterocycles. The predicted octanol–water partition coefficient (Wildman–Crippen LogP) is 2.28. The summed E-state index contributed by atoms with van der Waals surface area (Å²) in [5.41, 5.74) is 1.24. The zero-order valence-corrected chi connectivity index (χ0v) is 13.1. The predicted molar refractivity (Wildman–Crippen MR) is 80.9 cm³/mol. The number of hydrogen-bond donors (Lipinski definition) is 2. The lowest BCUT2D eigenvalue weighted by Crippen LogP contribution is -2.31. The van der Waals surface area contributed by atoms with Crippen molar-refractivity contribution < 1.29 is 13.2 Å². The van der Waals surface area contributed by atoms with E-state index in [-0.39, 0.29) is 17.9 Å². The summed E-state index contributed by atoms with van der Waals surface area (Å²) < 4.78 is 25.2. The van der Waals surface area contributed by atoms with Crippen LogP contribution in [0.2, 0.25) is 0 Å². The fraction of sp³-hybridized carbons (Fsp3) is 0.500. The lowest BCUT2D eigenvalue weighted by molar-refractivity contribution is -0.125. The minimum Gasteiger partial charge on any atom is -0.349 e. The first-order valence-electron chi connectivity index (χ1n) is 6.61. The van der Waals surface area contributed by atoms with E-state index in [1.165, 1.54) is 0 Å². The molecule has 0 saturated carbocycles. The zero-order chi connectivity index (χ0) is 15.3. The molecular weight excluding hydrogens is 276 g/mol. The van der Waals surface area contributed by atoms with Crippen molar-refractivity contribution in [2.24, 2.45) is 5.92 Å². The molecule has 6 heteroatoms. The van der Waals surface area contributed by atoms with Crippen LogP contribution >= 0.6 is 0 Å². The third kappa shape index (κ3) is 4.85. The van der Waals surface area contributed by atoms with Crippen LogP contribution in [0.4, 0.5) is 5.69 Å². The minimum atomic E-state index is -3.35. The highest BCUT2D eigenvalue weighted by molar-refractivity contribution is 7.92. The van der Waals surface area contributed by atoms with Crippen molar-refractivity contribution >= 4 is 21.6 Å². The van der Waals surface area contributed by atoms with E-state index in [1.807, 2.05) is 26.8 Å². The van der Waals surface area contributed by atoms with Gasteiger partial charge in [0.25, 0.3) is 0 Å². The molecule has 0 radical (unpaired) electrons. The fourth-order valence-electron chi connectivity index (χ4n) is 1.79. The number of rotatable bonds is 6. The van der Waals surface area contributed by atoms with Crippen molar-refractivity contribution in [2.45, 2.75) is 33.2 Å². The Labute approximate surface area is 120 Å². The van der Waals surface area contributed by atoms with E-state index in [4.69, 9.17) is 0 Å². The molecule has 0 unspecified atom stereocenters. The summed E-state index contributed by atoms with van der Waals surface area (Å²) in [5.74, 6) is -0.0957. The van der Waals surface area contributed by atoms with E-state index >= 15 is 0 Å². The van der Waals surface area contributed by atoms with Crippen molar-refractivity contribution in [3.63, 3.8) is 0 Å². The second kappa shape index (κ2) is 6.74.